The number of aryl methyl sites for hydroxylation is 1. The molecule has 3 atom stereocenters. The molecule has 31 heavy (non-hydrogen) atoms. The largest absolute Gasteiger partial charge is 0.480 e. The number of likely N-dealkylation sites (tertiary alicyclic amines) is 1. The Morgan fingerprint density at radius 3 is 2.90 bits per heavy atom. The van der Waals surface area contributed by atoms with Crippen molar-refractivity contribution in [3.63, 3.8) is 0 Å². The number of rotatable bonds is 9. The number of aromatic nitrogens is 1. The zero-order valence-electron chi connectivity index (χ0n) is 18.3. The van der Waals surface area contributed by atoms with E-state index < -0.39 is 12.0 Å². The van der Waals surface area contributed by atoms with Crippen LogP contribution in [0.25, 0.3) is 0 Å². The number of carboxylic acid groups (broad SMARTS) is 1. The topological polar surface area (TPSA) is 74.7 Å². The summed E-state index contributed by atoms with van der Waals surface area (Å²) in [7, 11) is 0. The Morgan fingerprint density at radius 1 is 1.26 bits per heavy atom. The van der Waals surface area contributed by atoms with Crippen LogP contribution in [-0.2, 0) is 22.4 Å². The SMILES string of the molecule is CC1CNc2nc(CCCCO[C@@H]3CCN([C@@H](C(=O)O)c4ccccc4)C3)ccc2C1. The van der Waals surface area contributed by atoms with Crippen molar-refractivity contribution in [1.82, 2.24) is 9.88 Å². The molecule has 1 saturated heterocycles. The Labute approximate surface area is 184 Å². The first-order chi connectivity index (χ1) is 15.1. The number of carboxylic acids is 1. The fourth-order valence-corrected chi connectivity index (χ4v) is 4.63. The van der Waals surface area contributed by atoms with E-state index in [0.29, 0.717) is 19.1 Å². The molecule has 1 unspecified atom stereocenters. The zero-order chi connectivity index (χ0) is 21.6. The average molecular weight is 424 g/mol. The van der Waals surface area contributed by atoms with Gasteiger partial charge in [0.25, 0.3) is 0 Å². The van der Waals surface area contributed by atoms with Crippen LogP contribution < -0.4 is 5.32 Å². The molecular weight excluding hydrogens is 390 g/mol. The highest BCUT2D eigenvalue weighted by Gasteiger charge is 2.33. The van der Waals surface area contributed by atoms with Gasteiger partial charge in [0.05, 0.1) is 6.10 Å². The summed E-state index contributed by atoms with van der Waals surface area (Å²) in [6, 6.07) is 13.2. The average Bonchev–Trinajstić information content (AvgIpc) is 3.22. The van der Waals surface area contributed by atoms with Gasteiger partial charge in [-0.2, -0.15) is 0 Å². The van der Waals surface area contributed by atoms with Crippen LogP contribution in [0.1, 0.15) is 49.0 Å². The Morgan fingerprint density at radius 2 is 2.10 bits per heavy atom. The van der Waals surface area contributed by atoms with Gasteiger partial charge in [-0.05, 0) is 55.2 Å². The van der Waals surface area contributed by atoms with E-state index in [-0.39, 0.29) is 6.10 Å². The molecule has 0 amide bonds. The lowest BCUT2D eigenvalue weighted by atomic mass is 9.97. The maximum atomic E-state index is 11.8. The van der Waals surface area contributed by atoms with Gasteiger partial charge in [-0.3, -0.25) is 9.69 Å². The predicted octanol–water partition coefficient (Wildman–Crippen LogP) is 3.93. The molecule has 6 nitrogen and oxygen atoms in total. The minimum atomic E-state index is -0.798. The van der Waals surface area contributed by atoms with Gasteiger partial charge in [-0.15, -0.1) is 0 Å². The summed E-state index contributed by atoms with van der Waals surface area (Å²) < 4.78 is 6.07. The number of nitrogens with one attached hydrogen (secondary N) is 1. The van der Waals surface area contributed by atoms with E-state index in [1.807, 2.05) is 35.2 Å². The monoisotopic (exact) mass is 423 g/mol. The van der Waals surface area contributed by atoms with Gasteiger partial charge in [-0.25, -0.2) is 4.98 Å². The molecule has 1 aromatic carbocycles. The maximum Gasteiger partial charge on any atom is 0.325 e. The Balaban J connectivity index is 1.19. The summed E-state index contributed by atoms with van der Waals surface area (Å²) in [6.45, 7) is 5.39. The number of nitrogens with zero attached hydrogens (tertiary/aromatic N) is 2. The third kappa shape index (κ3) is 5.63. The molecule has 1 fully saturated rings. The second kappa shape index (κ2) is 10.2. The van der Waals surface area contributed by atoms with Crippen LogP contribution in [-0.4, -0.2) is 53.3 Å². The molecule has 0 spiro atoms. The minimum Gasteiger partial charge on any atom is -0.480 e. The van der Waals surface area contributed by atoms with Crippen molar-refractivity contribution in [2.75, 3.05) is 31.6 Å². The number of fused-ring (bicyclic) bond motifs is 1. The third-order valence-corrected chi connectivity index (χ3v) is 6.29. The van der Waals surface area contributed by atoms with Crippen LogP contribution in [0.15, 0.2) is 42.5 Å². The van der Waals surface area contributed by atoms with E-state index in [1.54, 1.807) is 0 Å². The fraction of sp³-hybridized carbons (Fsp3) is 0.520. The smallest absolute Gasteiger partial charge is 0.325 e. The van der Waals surface area contributed by atoms with Crippen molar-refractivity contribution >= 4 is 11.8 Å². The van der Waals surface area contributed by atoms with E-state index >= 15 is 0 Å². The lowest BCUT2D eigenvalue weighted by Crippen LogP contribution is -2.33. The van der Waals surface area contributed by atoms with Gasteiger partial charge in [0.2, 0.25) is 0 Å². The number of carbonyl (C=O) groups is 1. The van der Waals surface area contributed by atoms with Crippen LogP contribution in [0.4, 0.5) is 5.82 Å². The molecular formula is C25H33N3O3. The van der Waals surface area contributed by atoms with Crippen molar-refractivity contribution in [3.05, 3.63) is 59.3 Å². The summed E-state index contributed by atoms with van der Waals surface area (Å²) in [4.78, 5) is 18.6. The number of hydrogen-bond acceptors (Lipinski definition) is 5. The molecule has 1 aromatic heterocycles. The Kier molecular flexibility index (Phi) is 7.20. The molecule has 0 aliphatic carbocycles. The van der Waals surface area contributed by atoms with Crippen molar-refractivity contribution in [2.24, 2.45) is 5.92 Å². The molecule has 2 N–H and O–H groups in total. The first kappa shape index (κ1) is 21.8. The highest BCUT2D eigenvalue weighted by molar-refractivity contribution is 5.75. The van der Waals surface area contributed by atoms with E-state index in [0.717, 1.165) is 62.3 Å². The summed E-state index contributed by atoms with van der Waals surface area (Å²) in [6.07, 6.45) is 5.08. The molecule has 0 bridgehead atoms. The van der Waals surface area contributed by atoms with E-state index in [1.165, 1.54) is 5.56 Å². The summed E-state index contributed by atoms with van der Waals surface area (Å²) in [5.74, 6) is 0.930. The Hall–Kier alpha value is -2.44. The molecule has 3 heterocycles. The first-order valence-electron chi connectivity index (χ1n) is 11.5. The molecule has 2 aliphatic heterocycles. The number of benzene rings is 1. The van der Waals surface area contributed by atoms with Gasteiger partial charge in [-0.1, -0.05) is 43.3 Å². The highest BCUT2D eigenvalue weighted by Crippen LogP contribution is 2.27. The van der Waals surface area contributed by atoms with Crippen LogP contribution in [0.5, 0.6) is 0 Å². The van der Waals surface area contributed by atoms with Gasteiger partial charge in [0, 0.05) is 31.9 Å². The number of ether oxygens (including phenoxy) is 1. The molecule has 166 valence electrons. The normalized spacial score (nSPS) is 22.0. The standard InChI is InChI=1S/C25H33N3O3/c1-18-15-20-10-11-21(27-24(20)26-16-18)9-5-6-14-31-22-12-13-28(17-22)23(25(29)30)19-7-3-2-4-8-19/h2-4,7-8,10-11,18,22-23H,5-6,9,12-17H2,1H3,(H,26,27)(H,29,30)/t18?,22-,23-/m1/s1. The number of pyridine rings is 1. The molecule has 2 aliphatic rings. The number of hydrogen-bond donors (Lipinski definition) is 2. The summed E-state index contributed by atoms with van der Waals surface area (Å²) in [5, 5.41) is 13.2. The van der Waals surface area contributed by atoms with Crippen molar-refractivity contribution < 1.29 is 14.6 Å². The number of unbranched alkanes of at least 4 members (excludes halogenated alkanes) is 1. The predicted molar refractivity (Wildman–Crippen MR) is 121 cm³/mol. The van der Waals surface area contributed by atoms with Crippen LogP contribution in [0.2, 0.25) is 0 Å². The first-order valence-corrected chi connectivity index (χ1v) is 11.5. The lowest BCUT2D eigenvalue weighted by Gasteiger charge is -2.24. The highest BCUT2D eigenvalue weighted by atomic mass is 16.5. The molecule has 0 saturated carbocycles. The minimum absolute atomic E-state index is 0.110. The zero-order valence-corrected chi connectivity index (χ0v) is 18.3. The molecule has 2 aromatic rings. The molecule has 6 heteroatoms. The van der Waals surface area contributed by atoms with Crippen LogP contribution in [0.3, 0.4) is 0 Å². The van der Waals surface area contributed by atoms with Crippen molar-refractivity contribution in [1.29, 1.82) is 0 Å². The van der Waals surface area contributed by atoms with Gasteiger partial charge >= 0.3 is 5.97 Å². The molecule has 0 radical (unpaired) electrons. The van der Waals surface area contributed by atoms with Gasteiger partial charge in [0.15, 0.2) is 0 Å². The van der Waals surface area contributed by atoms with Crippen LogP contribution in [0, 0.1) is 5.92 Å². The lowest BCUT2D eigenvalue weighted by molar-refractivity contribution is -0.143. The van der Waals surface area contributed by atoms with Gasteiger partial charge in [0.1, 0.15) is 11.9 Å². The van der Waals surface area contributed by atoms with Crippen molar-refractivity contribution in [2.45, 2.75) is 51.2 Å². The summed E-state index contributed by atoms with van der Waals surface area (Å²) in [5.41, 5.74) is 3.30. The second-order valence-corrected chi connectivity index (χ2v) is 8.89. The van der Waals surface area contributed by atoms with E-state index in [9.17, 15) is 9.90 Å². The van der Waals surface area contributed by atoms with E-state index in [2.05, 4.69) is 24.4 Å². The van der Waals surface area contributed by atoms with Crippen LogP contribution >= 0.6 is 0 Å². The number of anilines is 1. The third-order valence-electron chi connectivity index (χ3n) is 6.29. The Bertz CT molecular complexity index is 874. The van der Waals surface area contributed by atoms with E-state index in [4.69, 9.17) is 9.72 Å². The molecule has 4 rings (SSSR count). The fourth-order valence-electron chi connectivity index (χ4n) is 4.63. The number of aliphatic carboxylic acids is 1. The second-order valence-electron chi connectivity index (χ2n) is 8.89. The van der Waals surface area contributed by atoms with Gasteiger partial charge < -0.3 is 15.2 Å². The van der Waals surface area contributed by atoms with Crippen molar-refractivity contribution in [3.8, 4) is 0 Å². The summed E-state index contributed by atoms with van der Waals surface area (Å²) >= 11 is 0. The maximum absolute atomic E-state index is 11.8. The quantitative estimate of drug-likeness (QED) is 0.596.